The van der Waals surface area contributed by atoms with Crippen LogP contribution in [-0.2, 0) is 30.9 Å². The van der Waals surface area contributed by atoms with E-state index in [0.717, 1.165) is 33.8 Å². The number of pyridine rings is 3. The van der Waals surface area contributed by atoms with Gasteiger partial charge in [-0.05, 0) is 46.1 Å². The Bertz CT molecular complexity index is 1620. The van der Waals surface area contributed by atoms with E-state index in [1.807, 2.05) is 54.6 Å². The van der Waals surface area contributed by atoms with Gasteiger partial charge in [-0.2, -0.15) is 0 Å². The molecule has 3 heterocycles. The number of benzene rings is 3. The van der Waals surface area contributed by atoms with Crippen LogP contribution in [-0.4, -0.2) is 20.1 Å². The molecule has 0 spiro atoms. The zero-order valence-corrected chi connectivity index (χ0v) is 29.6. The molecule has 46 heavy (non-hydrogen) atoms. The van der Waals surface area contributed by atoms with Gasteiger partial charge in [-0.15, -0.1) is 101 Å². The van der Waals surface area contributed by atoms with E-state index in [0.29, 0.717) is 0 Å². The maximum absolute atomic E-state index is 9.05. The Morgan fingerprint density at radius 3 is 1.04 bits per heavy atom. The van der Waals surface area contributed by atoms with Gasteiger partial charge in [-0.1, -0.05) is 77.9 Å². The van der Waals surface area contributed by atoms with E-state index >= 15 is 0 Å². The molecule has 0 radical (unpaired) electrons. The van der Waals surface area contributed by atoms with Gasteiger partial charge in [-0.25, -0.2) is 0 Å². The molecule has 3 aromatic heterocycles. The number of hydrogen-bond acceptors (Lipinski definition) is 4. The SMILES string of the molecule is CC(C)(C)c1c[c-]c(-c2ccccn2)cc1.CC(C)(C)c1c[c-]c(-c2ccccn2)cc1.Oc1c[c-]c(-c2ccccn2)cc1.[Ir+3]. The summed E-state index contributed by atoms with van der Waals surface area (Å²) in [4.78, 5) is 12.8. The topological polar surface area (TPSA) is 58.9 Å². The van der Waals surface area contributed by atoms with Gasteiger partial charge >= 0.3 is 20.1 Å². The van der Waals surface area contributed by atoms with Gasteiger partial charge in [0.2, 0.25) is 0 Å². The molecule has 0 unspecified atom stereocenters. The molecule has 0 amide bonds. The molecule has 0 bridgehead atoms. The Morgan fingerprint density at radius 1 is 0.457 bits per heavy atom. The van der Waals surface area contributed by atoms with Gasteiger partial charge in [0.15, 0.2) is 0 Å². The van der Waals surface area contributed by atoms with Crippen LogP contribution in [0.15, 0.2) is 128 Å². The third-order valence-electron chi connectivity index (χ3n) is 6.98. The number of phenolic OH excluding ortho intramolecular Hbond substituents is 1. The first-order valence-corrected chi connectivity index (χ1v) is 15.0. The van der Waals surface area contributed by atoms with Crippen LogP contribution in [0.1, 0.15) is 52.7 Å². The summed E-state index contributed by atoms with van der Waals surface area (Å²) in [5.41, 5.74) is 8.76. The molecule has 4 nitrogen and oxygen atoms in total. The first-order chi connectivity index (χ1) is 21.5. The average Bonchev–Trinajstić information content (AvgIpc) is 3.06. The minimum atomic E-state index is 0. The van der Waals surface area contributed by atoms with Gasteiger partial charge in [0.1, 0.15) is 0 Å². The van der Waals surface area contributed by atoms with Crippen molar-refractivity contribution in [1.82, 2.24) is 15.0 Å². The number of aromatic hydroxyl groups is 1. The second-order valence-electron chi connectivity index (χ2n) is 12.6. The van der Waals surface area contributed by atoms with E-state index in [9.17, 15) is 0 Å². The van der Waals surface area contributed by atoms with Crippen LogP contribution in [0, 0.1) is 18.2 Å². The maximum atomic E-state index is 9.05. The molecule has 0 saturated heterocycles. The van der Waals surface area contributed by atoms with Crippen LogP contribution in [0.2, 0.25) is 0 Å². The van der Waals surface area contributed by atoms with E-state index in [-0.39, 0.29) is 36.7 Å². The van der Waals surface area contributed by atoms with Gasteiger partial charge in [0.25, 0.3) is 0 Å². The minimum Gasteiger partial charge on any atom is -0.551 e. The van der Waals surface area contributed by atoms with E-state index in [1.165, 1.54) is 17.2 Å². The molecule has 6 aromatic rings. The molecule has 0 aliphatic heterocycles. The molecule has 5 heteroatoms. The smallest absolute Gasteiger partial charge is 0.551 e. The fraction of sp³-hybridized carbons (Fsp3) is 0.195. The van der Waals surface area contributed by atoms with Crippen LogP contribution in [0.25, 0.3) is 33.8 Å². The zero-order chi connectivity index (χ0) is 32.3. The van der Waals surface area contributed by atoms with Crippen molar-refractivity contribution >= 4 is 0 Å². The molecular formula is C41H40IrN3O. The van der Waals surface area contributed by atoms with Crippen LogP contribution < -0.4 is 0 Å². The first-order valence-electron chi connectivity index (χ1n) is 15.0. The van der Waals surface area contributed by atoms with E-state index in [2.05, 4.69) is 111 Å². The van der Waals surface area contributed by atoms with E-state index in [1.54, 1.807) is 30.7 Å². The van der Waals surface area contributed by atoms with Crippen molar-refractivity contribution < 1.29 is 25.2 Å². The molecule has 0 fully saturated rings. The van der Waals surface area contributed by atoms with Gasteiger partial charge in [0.05, 0.1) is 0 Å². The predicted octanol–water partition coefficient (Wildman–Crippen LogP) is 9.94. The second kappa shape index (κ2) is 16.7. The van der Waals surface area contributed by atoms with Crippen molar-refractivity contribution in [1.29, 1.82) is 0 Å². The number of hydrogen-bond donors (Lipinski definition) is 1. The monoisotopic (exact) mass is 783 g/mol. The van der Waals surface area contributed by atoms with Crippen molar-refractivity contribution in [3.05, 3.63) is 157 Å². The number of rotatable bonds is 3. The minimum absolute atomic E-state index is 0. The van der Waals surface area contributed by atoms with Crippen LogP contribution in [0.4, 0.5) is 0 Å². The Kier molecular flexibility index (Phi) is 13.1. The summed E-state index contributed by atoms with van der Waals surface area (Å²) in [7, 11) is 0. The second-order valence-corrected chi connectivity index (χ2v) is 12.6. The van der Waals surface area contributed by atoms with Crippen LogP contribution in [0.5, 0.6) is 5.75 Å². The van der Waals surface area contributed by atoms with Gasteiger partial charge in [0, 0.05) is 24.3 Å². The zero-order valence-electron chi connectivity index (χ0n) is 27.2. The summed E-state index contributed by atoms with van der Waals surface area (Å²) < 4.78 is 0. The number of phenols is 1. The van der Waals surface area contributed by atoms with E-state index in [4.69, 9.17) is 5.11 Å². The summed E-state index contributed by atoms with van der Waals surface area (Å²) in [5, 5.41) is 9.05. The molecule has 0 aliphatic rings. The summed E-state index contributed by atoms with van der Waals surface area (Å²) in [6, 6.07) is 44.6. The number of nitrogens with zero attached hydrogens (tertiary/aromatic N) is 3. The Hall–Kier alpha value is -4.44. The third-order valence-corrected chi connectivity index (χ3v) is 6.98. The van der Waals surface area contributed by atoms with Gasteiger partial charge < -0.3 is 20.1 Å². The molecule has 6 rings (SSSR count). The Labute approximate surface area is 288 Å². The normalized spacial score (nSPS) is 10.7. The molecule has 1 N–H and O–H groups in total. The average molecular weight is 783 g/mol. The molecular weight excluding hydrogens is 743 g/mol. The fourth-order valence-electron chi connectivity index (χ4n) is 4.24. The quantitative estimate of drug-likeness (QED) is 0.182. The molecule has 0 atom stereocenters. The predicted molar refractivity (Wildman–Crippen MR) is 185 cm³/mol. The van der Waals surface area contributed by atoms with Crippen molar-refractivity contribution in [3.63, 3.8) is 0 Å². The molecule has 234 valence electrons. The summed E-state index contributed by atoms with van der Waals surface area (Å²) in [6.07, 6.45) is 5.34. The standard InChI is InChI=1S/2C15H16N.C11H8NO.Ir/c2*1-15(2,3)13-9-7-12(8-10-13)14-6-4-5-11-16-14;13-10-6-4-9(5-7-10)11-3-1-2-8-12-11;/h2*4-7,9-11H,1-3H3;1-4,6-8,13H;/q3*-1;+3. The van der Waals surface area contributed by atoms with E-state index < -0.39 is 0 Å². The van der Waals surface area contributed by atoms with Crippen molar-refractivity contribution in [3.8, 4) is 39.5 Å². The van der Waals surface area contributed by atoms with Gasteiger partial charge in [-0.3, -0.25) is 0 Å². The Morgan fingerprint density at radius 2 is 0.804 bits per heavy atom. The largest absolute Gasteiger partial charge is 3.00 e. The Balaban J connectivity index is 0.000000187. The van der Waals surface area contributed by atoms with Crippen molar-refractivity contribution in [2.24, 2.45) is 0 Å². The maximum Gasteiger partial charge on any atom is 3.00 e. The summed E-state index contributed by atoms with van der Waals surface area (Å²) in [5.74, 6) is 0.222. The van der Waals surface area contributed by atoms with Crippen molar-refractivity contribution in [2.75, 3.05) is 0 Å². The number of aromatic nitrogens is 3. The third kappa shape index (κ3) is 10.9. The van der Waals surface area contributed by atoms with Crippen LogP contribution in [0.3, 0.4) is 0 Å². The summed E-state index contributed by atoms with van der Waals surface area (Å²) in [6.45, 7) is 13.2. The molecule has 3 aromatic carbocycles. The van der Waals surface area contributed by atoms with Crippen molar-refractivity contribution in [2.45, 2.75) is 52.4 Å². The first kappa shape index (κ1) is 36.0. The summed E-state index contributed by atoms with van der Waals surface area (Å²) >= 11 is 0. The molecule has 0 saturated carbocycles. The molecule has 0 aliphatic carbocycles. The van der Waals surface area contributed by atoms with Crippen LogP contribution >= 0.6 is 0 Å². The fourth-order valence-corrected chi connectivity index (χ4v) is 4.24.